The van der Waals surface area contributed by atoms with Crippen LogP contribution in [0, 0.1) is 11.8 Å². The van der Waals surface area contributed by atoms with Crippen LogP contribution in [0.2, 0.25) is 0 Å². The molecule has 1 nitrogen and oxygen atoms in total. The number of likely N-dealkylation sites (tertiary alicyclic amines) is 1. The van der Waals surface area contributed by atoms with Crippen molar-refractivity contribution in [1.82, 2.24) is 4.90 Å². The first-order valence-corrected chi connectivity index (χ1v) is 4.27. The molecule has 0 aromatic heterocycles. The molecular formula is C9H19N. The number of rotatable bonds is 0. The van der Waals surface area contributed by atoms with E-state index in [0.29, 0.717) is 0 Å². The van der Waals surface area contributed by atoms with Crippen molar-refractivity contribution < 1.29 is 0 Å². The molecule has 1 heteroatoms. The molecule has 1 saturated heterocycles. The standard InChI is InChI=1S/C9H19N/c1-6-7(2)9(4)10(5)8(6)3/h6-9H,1-5H3. The van der Waals surface area contributed by atoms with E-state index < -0.39 is 0 Å². The van der Waals surface area contributed by atoms with Gasteiger partial charge in [-0.3, -0.25) is 0 Å². The van der Waals surface area contributed by atoms with E-state index in [1.165, 1.54) is 0 Å². The highest BCUT2D eigenvalue weighted by Crippen LogP contribution is 2.32. The number of hydrogen-bond acceptors (Lipinski definition) is 1. The quantitative estimate of drug-likeness (QED) is 0.498. The number of hydrogen-bond donors (Lipinski definition) is 0. The van der Waals surface area contributed by atoms with E-state index in [4.69, 9.17) is 0 Å². The van der Waals surface area contributed by atoms with Gasteiger partial charge in [-0.15, -0.1) is 0 Å². The second kappa shape index (κ2) is 2.54. The van der Waals surface area contributed by atoms with Crippen molar-refractivity contribution >= 4 is 0 Å². The maximum atomic E-state index is 2.48. The van der Waals surface area contributed by atoms with Gasteiger partial charge in [0.1, 0.15) is 0 Å². The lowest BCUT2D eigenvalue weighted by atomic mass is 9.92. The van der Waals surface area contributed by atoms with Gasteiger partial charge in [0, 0.05) is 12.1 Å². The van der Waals surface area contributed by atoms with Gasteiger partial charge in [0.25, 0.3) is 0 Å². The van der Waals surface area contributed by atoms with Crippen molar-refractivity contribution in [2.45, 2.75) is 39.8 Å². The molecule has 1 fully saturated rings. The Labute approximate surface area is 64.4 Å². The van der Waals surface area contributed by atoms with E-state index in [1.54, 1.807) is 0 Å². The summed E-state index contributed by atoms with van der Waals surface area (Å²) in [5.74, 6) is 1.72. The SMILES string of the molecule is CC1C(C)C(C)N(C)C1C. The fourth-order valence-corrected chi connectivity index (χ4v) is 1.99. The fourth-order valence-electron chi connectivity index (χ4n) is 1.99. The average Bonchev–Trinajstić information content (AvgIpc) is 2.07. The fraction of sp³-hybridized carbons (Fsp3) is 1.00. The molecule has 1 rings (SSSR count). The molecule has 0 aliphatic carbocycles. The molecule has 0 radical (unpaired) electrons. The number of nitrogens with zero attached hydrogens (tertiary/aromatic N) is 1. The zero-order chi connectivity index (χ0) is 7.89. The van der Waals surface area contributed by atoms with Gasteiger partial charge in [0.15, 0.2) is 0 Å². The monoisotopic (exact) mass is 141 g/mol. The summed E-state index contributed by atoms with van der Waals surface area (Å²) in [6.07, 6.45) is 0. The van der Waals surface area contributed by atoms with Crippen molar-refractivity contribution in [1.29, 1.82) is 0 Å². The van der Waals surface area contributed by atoms with Gasteiger partial charge in [-0.25, -0.2) is 0 Å². The molecule has 1 heterocycles. The molecule has 0 aromatic carbocycles. The molecule has 0 aromatic rings. The normalized spacial score (nSPS) is 50.1. The molecule has 0 spiro atoms. The lowest BCUT2D eigenvalue weighted by Crippen LogP contribution is -2.29. The topological polar surface area (TPSA) is 3.24 Å². The smallest absolute Gasteiger partial charge is 0.00955 e. The Kier molecular flexibility index (Phi) is 2.04. The average molecular weight is 141 g/mol. The van der Waals surface area contributed by atoms with Crippen molar-refractivity contribution in [2.24, 2.45) is 11.8 Å². The minimum Gasteiger partial charge on any atom is -0.300 e. The summed E-state index contributed by atoms with van der Waals surface area (Å²) < 4.78 is 0. The Morgan fingerprint density at radius 1 is 0.800 bits per heavy atom. The van der Waals surface area contributed by atoms with E-state index in [1.807, 2.05) is 0 Å². The van der Waals surface area contributed by atoms with E-state index in [0.717, 1.165) is 23.9 Å². The van der Waals surface area contributed by atoms with Gasteiger partial charge in [0.2, 0.25) is 0 Å². The summed E-state index contributed by atoms with van der Waals surface area (Å²) in [4.78, 5) is 2.48. The third kappa shape index (κ3) is 0.968. The van der Waals surface area contributed by atoms with Crippen molar-refractivity contribution in [3.05, 3.63) is 0 Å². The Bertz CT molecular complexity index is 77.1. The largest absolute Gasteiger partial charge is 0.300 e. The lowest BCUT2D eigenvalue weighted by molar-refractivity contribution is 0.248. The van der Waals surface area contributed by atoms with Crippen LogP contribution in [0.25, 0.3) is 0 Å². The molecule has 60 valence electrons. The molecule has 1 aliphatic rings. The lowest BCUT2D eigenvalue weighted by Gasteiger charge is -2.20. The molecule has 4 unspecified atom stereocenters. The van der Waals surface area contributed by atoms with Gasteiger partial charge in [-0.05, 0) is 32.7 Å². The van der Waals surface area contributed by atoms with Crippen LogP contribution in [0.3, 0.4) is 0 Å². The van der Waals surface area contributed by atoms with Gasteiger partial charge in [-0.2, -0.15) is 0 Å². The van der Waals surface area contributed by atoms with E-state index in [2.05, 4.69) is 39.6 Å². The summed E-state index contributed by atoms with van der Waals surface area (Å²) in [6, 6.07) is 1.54. The van der Waals surface area contributed by atoms with Crippen molar-refractivity contribution in [3.63, 3.8) is 0 Å². The first-order chi connectivity index (χ1) is 4.55. The van der Waals surface area contributed by atoms with Gasteiger partial charge in [0.05, 0.1) is 0 Å². The Balaban J connectivity index is 2.68. The summed E-state index contributed by atoms with van der Waals surface area (Å²) in [6.45, 7) is 9.36. The van der Waals surface area contributed by atoms with Gasteiger partial charge in [-0.1, -0.05) is 13.8 Å². The van der Waals surface area contributed by atoms with Crippen LogP contribution in [0.4, 0.5) is 0 Å². The van der Waals surface area contributed by atoms with Crippen LogP contribution < -0.4 is 0 Å². The van der Waals surface area contributed by atoms with Crippen LogP contribution >= 0.6 is 0 Å². The van der Waals surface area contributed by atoms with Gasteiger partial charge < -0.3 is 4.90 Å². The molecule has 0 N–H and O–H groups in total. The first kappa shape index (κ1) is 8.06. The summed E-state index contributed by atoms with van der Waals surface area (Å²) in [5.41, 5.74) is 0. The Morgan fingerprint density at radius 2 is 1.10 bits per heavy atom. The van der Waals surface area contributed by atoms with Crippen molar-refractivity contribution in [2.75, 3.05) is 7.05 Å². The highest BCUT2D eigenvalue weighted by atomic mass is 15.2. The molecule has 0 saturated carbocycles. The molecule has 10 heavy (non-hydrogen) atoms. The minimum atomic E-state index is 0.769. The second-order valence-electron chi connectivity index (χ2n) is 3.86. The highest BCUT2D eigenvalue weighted by molar-refractivity contribution is 4.89. The second-order valence-corrected chi connectivity index (χ2v) is 3.86. The predicted octanol–water partition coefficient (Wildman–Crippen LogP) is 1.98. The third-order valence-corrected chi connectivity index (χ3v) is 3.64. The van der Waals surface area contributed by atoms with E-state index in [-0.39, 0.29) is 0 Å². The maximum Gasteiger partial charge on any atom is 0.00955 e. The van der Waals surface area contributed by atoms with Crippen LogP contribution in [-0.4, -0.2) is 24.0 Å². The van der Waals surface area contributed by atoms with Gasteiger partial charge >= 0.3 is 0 Å². The van der Waals surface area contributed by atoms with Crippen molar-refractivity contribution in [3.8, 4) is 0 Å². The maximum absolute atomic E-state index is 2.48. The molecule has 0 bridgehead atoms. The Hall–Kier alpha value is -0.0400. The molecular weight excluding hydrogens is 122 g/mol. The zero-order valence-corrected chi connectivity index (χ0v) is 7.76. The molecule has 4 atom stereocenters. The third-order valence-electron chi connectivity index (χ3n) is 3.64. The predicted molar refractivity (Wildman–Crippen MR) is 45.0 cm³/mol. The molecule has 0 amide bonds. The minimum absolute atomic E-state index is 0.769. The van der Waals surface area contributed by atoms with Crippen LogP contribution in [-0.2, 0) is 0 Å². The summed E-state index contributed by atoms with van der Waals surface area (Å²) in [5, 5.41) is 0. The van der Waals surface area contributed by atoms with Crippen LogP contribution in [0.5, 0.6) is 0 Å². The zero-order valence-electron chi connectivity index (χ0n) is 7.76. The Morgan fingerprint density at radius 3 is 1.20 bits per heavy atom. The van der Waals surface area contributed by atoms with Crippen LogP contribution in [0.15, 0.2) is 0 Å². The van der Waals surface area contributed by atoms with Crippen LogP contribution in [0.1, 0.15) is 27.7 Å². The van der Waals surface area contributed by atoms with E-state index >= 15 is 0 Å². The molecule has 1 aliphatic heterocycles. The highest BCUT2D eigenvalue weighted by Gasteiger charge is 2.36. The van der Waals surface area contributed by atoms with E-state index in [9.17, 15) is 0 Å². The summed E-state index contributed by atoms with van der Waals surface area (Å²) >= 11 is 0. The summed E-state index contributed by atoms with van der Waals surface area (Å²) in [7, 11) is 2.23. The first-order valence-electron chi connectivity index (χ1n) is 4.27.